The third-order valence-electron chi connectivity index (χ3n) is 20.3. The van der Waals surface area contributed by atoms with Gasteiger partial charge in [-0.25, -0.2) is 14.4 Å². The van der Waals surface area contributed by atoms with E-state index in [9.17, 15) is 98.4 Å². The van der Waals surface area contributed by atoms with Gasteiger partial charge in [-0.1, -0.05) is 6.58 Å². The molecule has 10 heterocycles. The first-order valence-electron chi connectivity index (χ1n) is 38.9. The first-order chi connectivity index (χ1) is 56.3. The minimum atomic E-state index is -1.43. The molecule has 0 spiro atoms. The fourth-order valence-corrected chi connectivity index (χ4v) is 18.5. The monoisotopic (exact) mass is 1830 g/mol. The van der Waals surface area contributed by atoms with Crippen molar-refractivity contribution >= 4 is 107 Å². The van der Waals surface area contributed by atoms with Crippen molar-refractivity contribution in [1.29, 1.82) is 0 Å². The number of hydrogen-bond donors (Lipinski definition) is 12. The number of nitrogens with one attached hydrogen (secondary N) is 4. The lowest BCUT2D eigenvalue weighted by Crippen LogP contribution is -2.47. The SMILES string of the molecule is C=C1NC(=O)C=CN1[C@@H]1O[C@H](CCP(=C)(C)C)[C@@H](O)[C@H]1OC.C=P(C)(C)CC[C@H]1O[C@@H](n2cc(C(=O)CC(C)=O)c(=O)[nH]c2=O)[C@H](O)[C@@H]1O.C=P(C)(C)CC[C@H]1O[C@@H](n2cc(C(=O)COC(C)=O)c(=O)[nH]c2=O)[C@H](O)[C@@H]1O.C=P(C)(C)CC[C@H]1O[C@@H](n2cc(C)c(=O)[nH]c2=S)[C@H](O)[C@@H]1O.C=P(C)(C)CC[C@H]1O[C@@H](n2ccc(=O)n(C)c2=O)[C@H](OC)[C@@H]1O. The van der Waals surface area contributed by atoms with Crippen LogP contribution < -0.4 is 44.6 Å². The Morgan fingerprint density at radius 1 is 0.492 bits per heavy atom. The number of nitrogens with zero attached hydrogens (tertiary/aromatic N) is 6. The van der Waals surface area contributed by atoms with Crippen molar-refractivity contribution in [2.45, 2.75) is 182 Å². The van der Waals surface area contributed by atoms with E-state index in [0.29, 0.717) is 43.2 Å². The van der Waals surface area contributed by atoms with Crippen molar-refractivity contribution in [1.82, 2.24) is 48.0 Å². The standard InChI is InChI=1S/C17H25N2O8P.C17H25N2O7P.C15H25N2O5P.C15H25N2O4P.C14H23N2O4PS/c1-9(20)26-8-11(21)10-7-19(17(25)18-15(10)24)16-14(23)13(22)12(27-16)5-6-28(2,3)4;1-9(20)7-11(21)10-8-19(17(25)18-15(10)24)16-14(23)13(22)12(26-16)5-6-27(2,3)4;1-16-11(18)6-8-17(15(16)20)14-13(21-2)12(19)10(22-14)7-9-23(3,4)5;1-10-16-12(18)6-8-17(10)15-14(20-2)13(19)11(21-15)7-9-22(3,4)5;1-8-7-16(14(22)15-12(8)19)13-11(18)10(17)9(20-13)5-6-21(2,3)4/h7,12-14,16,22-23H,2,5-6,8H2,1,3-4H3,(H,18,24,25);8,12-14,16,22-23H,2,5-7H2,1,3-4H3,(H,18,24,25);6,8,10,12-14,19H,3,7,9H2,1-2,4-5H3;6,8,11,13-15,19H,1,3,7,9H2,2,4-5H3,(H,16,18);7,9-11,13,17-18H,2,5-6H2,1,3-4H3,(H,15,19,22)/t2*12-,13-,14-,16-;10-,12-,13-,14-;11-,13-,14-,15-;9-,10-,11-,13-/m11111/s1. The van der Waals surface area contributed by atoms with E-state index in [2.05, 4.69) is 93.1 Å². The summed E-state index contributed by atoms with van der Waals surface area (Å²) < 4.78 is 50.0. The Hall–Kier alpha value is -6.73. The second-order valence-electron chi connectivity index (χ2n) is 34.4. The van der Waals surface area contributed by atoms with Crippen LogP contribution in [0.4, 0.5) is 0 Å². The molecule has 20 atom stereocenters. The number of aliphatic hydroxyl groups is 8. The highest BCUT2D eigenvalue weighted by Gasteiger charge is 2.50. The van der Waals surface area contributed by atoms with Crippen LogP contribution in [0.3, 0.4) is 0 Å². The number of rotatable bonds is 28. The molecule has 0 aliphatic carbocycles. The summed E-state index contributed by atoms with van der Waals surface area (Å²) >= 11 is 5.12. The Labute approximate surface area is 711 Å². The minimum absolute atomic E-state index is 0.164. The molecule has 684 valence electrons. The van der Waals surface area contributed by atoms with E-state index in [1.54, 1.807) is 31.3 Å². The number of aromatic amines is 3. The van der Waals surface area contributed by atoms with Crippen molar-refractivity contribution in [2.24, 2.45) is 7.05 Å². The molecule has 6 aliphatic heterocycles. The molecule has 0 aromatic carbocycles. The Morgan fingerprint density at radius 3 is 1.22 bits per heavy atom. The van der Waals surface area contributed by atoms with Gasteiger partial charge < -0.3 is 89.0 Å². The van der Waals surface area contributed by atoms with E-state index >= 15 is 0 Å². The Bertz CT molecular complexity index is 5230. The van der Waals surface area contributed by atoms with Gasteiger partial charge in [0.05, 0.1) is 42.5 Å². The average molecular weight is 1840 g/mol. The van der Waals surface area contributed by atoms with Crippen LogP contribution >= 0.6 is 46.6 Å². The zero-order valence-electron chi connectivity index (χ0n) is 71.9. The first-order valence-corrected chi connectivity index (χ1v) is 54.6. The smallest absolute Gasteiger partial charge is 0.332 e. The maximum atomic E-state index is 12.3. The number of hydrogen-bond acceptors (Lipinski definition) is 30. The molecular weight excluding hydrogens is 1710 g/mol. The van der Waals surface area contributed by atoms with E-state index in [1.807, 2.05) is 36.6 Å². The lowest BCUT2D eigenvalue weighted by molar-refractivity contribution is -0.139. The van der Waals surface area contributed by atoms with Gasteiger partial charge in [-0.05, 0) is 156 Å². The van der Waals surface area contributed by atoms with Crippen LogP contribution in [-0.4, -0.2) is 360 Å². The topological polar surface area (TPSA) is 528 Å². The summed E-state index contributed by atoms with van der Waals surface area (Å²) in [7, 11) is 4.42. The van der Waals surface area contributed by atoms with Crippen LogP contribution in [0, 0.1) is 11.7 Å². The molecule has 38 nitrogen and oxygen atoms in total. The van der Waals surface area contributed by atoms with E-state index in [4.69, 9.17) is 45.4 Å². The van der Waals surface area contributed by atoms with Gasteiger partial charge in [0.2, 0.25) is 5.78 Å². The number of ether oxygens (including phenoxy) is 8. The number of aromatic nitrogens is 8. The van der Waals surface area contributed by atoms with Gasteiger partial charge in [-0.3, -0.25) is 80.9 Å². The van der Waals surface area contributed by atoms with Crippen LogP contribution in [0.25, 0.3) is 0 Å². The number of H-pyrrole nitrogens is 3. The van der Waals surface area contributed by atoms with Gasteiger partial charge in [-0.15, -0.1) is 65.9 Å². The third kappa shape index (κ3) is 28.9. The lowest BCUT2D eigenvalue weighted by Gasteiger charge is -2.33. The molecule has 44 heteroatoms. The molecule has 122 heavy (non-hydrogen) atoms. The van der Waals surface area contributed by atoms with Gasteiger partial charge in [0, 0.05) is 76.9 Å². The predicted molar refractivity (Wildman–Crippen MR) is 479 cm³/mol. The Balaban J connectivity index is 0.000000237. The zero-order valence-corrected chi connectivity index (χ0v) is 77.2. The van der Waals surface area contributed by atoms with E-state index in [0.717, 1.165) is 64.1 Å². The van der Waals surface area contributed by atoms with Gasteiger partial charge in [-0.2, -0.15) is 0 Å². The first kappa shape index (κ1) is 104. The van der Waals surface area contributed by atoms with Crippen molar-refractivity contribution in [2.75, 3.05) is 118 Å². The number of carbonyl (C=O) groups excluding carboxylic acids is 5. The van der Waals surface area contributed by atoms with Crippen molar-refractivity contribution < 1.29 is 103 Å². The molecular formula is C78H123N10O28P5S. The maximum absolute atomic E-state index is 12.3. The average Bonchev–Trinajstić information content (AvgIpc) is 1.62. The summed E-state index contributed by atoms with van der Waals surface area (Å²) in [5.74, 6) is -2.51. The van der Waals surface area contributed by atoms with Gasteiger partial charge in [0.25, 0.3) is 28.1 Å². The highest BCUT2D eigenvalue weighted by molar-refractivity contribution is 7.73. The number of aliphatic hydroxyl groups excluding tert-OH is 8. The van der Waals surface area contributed by atoms with Crippen molar-refractivity contribution in [3.05, 3.63) is 150 Å². The summed E-state index contributed by atoms with van der Waals surface area (Å²) in [6.45, 7) is 21.6. The molecule has 0 saturated carbocycles. The van der Waals surface area contributed by atoms with Crippen molar-refractivity contribution in [3.63, 3.8) is 0 Å². The fraction of sp³-hybridized carbons (Fsp3) is 0.615. The van der Waals surface area contributed by atoms with Crippen LogP contribution in [0.5, 0.6) is 0 Å². The molecule has 0 radical (unpaired) electrons. The molecule has 5 fully saturated rings. The number of aryl methyl sites for hydroxylation is 1. The molecule has 1 amide bonds. The van der Waals surface area contributed by atoms with Crippen molar-refractivity contribution in [3.8, 4) is 0 Å². The van der Waals surface area contributed by atoms with Crippen LogP contribution in [-0.2, 0) is 59.3 Å². The summed E-state index contributed by atoms with van der Waals surface area (Å²) in [5.41, 5.74) is -5.18. The molecule has 0 bridgehead atoms. The quantitative estimate of drug-likeness (QED) is 0.0116. The van der Waals surface area contributed by atoms with Crippen LogP contribution in [0.15, 0.2) is 89.1 Å². The summed E-state index contributed by atoms with van der Waals surface area (Å²) in [6.07, 6.45) is 17.7. The van der Waals surface area contributed by atoms with Gasteiger partial charge in [0.1, 0.15) is 78.2 Å². The molecule has 6 aliphatic rings. The second kappa shape index (κ2) is 43.6. The molecule has 4 aromatic heterocycles. The number of Topliss-reactive ketones (excluding diaryl/α,β-unsaturated/α-hetero) is 3. The normalized spacial score (nSPS) is 27.8. The number of amides is 1. The number of ketones is 3. The summed E-state index contributed by atoms with van der Waals surface area (Å²) in [6, 6.07) is 1.29. The van der Waals surface area contributed by atoms with Gasteiger partial charge >= 0.3 is 23.0 Å². The highest BCUT2D eigenvalue weighted by atomic mass is 32.1. The molecule has 4 aromatic rings. The summed E-state index contributed by atoms with van der Waals surface area (Å²) in [5, 5.41) is 85.1. The fourth-order valence-electron chi connectivity index (χ4n) is 13.4. The Kier molecular flexibility index (Phi) is 37.2. The highest BCUT2D eigenvalue weighted by Crippen LogP contribution is 2.44. The van der Waals surface area contributed by atoms with E-state index in [-0.39, 0.29) is 33.5 Å². The molecule has 0 unspecified atom stereocenters. The minimum Gasteiger partial charge on any atom is -0.457 e. The van der Waals surface area contributed by atoms with E-state index in [1.165, 1.54) is 48.6 Å². The summed E-state index contributed by atoms with van der Waals surface area (Å²) in [4.78, 5) is 149. The second-order valence-corrected chi connectivity index (χ2v) is 56.3. The number of esters is 1. The molecule has 5 saturated heterocycles. The third-order valence-corrected chi connectivity index (χ3v) is 28.0. The predicted octanol–water partition coefficient (Wildman–Crippen LogP) is -0.127. The van der Waals surface area contributed by atoms with Gasteiger partial charge in [0.15, 0.2) is 48.3 Å². The molecule has 12 N–H and O–H groups in total. The van der Waals surface area contributed by atoms with E-state index < -0.39 is 221 Å². The largest absolute Gasteiger partial charge is 0.457 e. The Morgan fingerprint density at radius 2 is 0.852 bits per heavy atom. The lowest BCUT2D eigenvalue weighted by atomic mass is 10.1. The number of methoxy groups -OCH3 is 2. The van der Waals surface area contributed by atoms with Crippen LogP contribution in [0.1, 0.15) is 104 Å². The van der Waals surface area contributed by atoms with Crippen LogP contribution in [0.2, 0.25) is 0 Å². The molecule has 10 rings (SSSR count). The maximum Gasteiger partial charge on any atom is 0.332 e. The zero-order chi connectivity index (χ0) is 92.2. The number of carbonyl (C=O) groups is 5.